The van der Waals surface area contributed by atoms with Crippen LogP contribution in [-0.4, -0.2) is 98.2 Å². The van der Waals surface area contributed by atoms with Crippen LogP contribution in [0.5, 0.6) is 5.75 Å². The van der Waals surface area contributed by atoms with Crippen molar-refractivity contribution in [1.29, 1.82) is 0 Å². The number of ether oxygens (including phenoxy) is 1. The van der Waals surface area contributed by atoms with Crippen LogP contribution in [-0.2, 0) is 38.7 Å². The molecule has 2 fully saturated rings. The Morgan fingerprint density at radius 2 is 1.49 bits per heavy atom. The largest absolute Gasteiger partial charge is 0.493 e. The van der Waals surface area contributed by atoms with Crippen molar-refractivity contribution in [3.63, 3.8) is 0 Å². The molecule has 49 heavy (non-hydrogen) atoms. The fourth-order valence-electron chi connectivity index (χ4n) is 5.01. The van der Waals surface area contributed by atoms with Crippen LogP contribution >= 0.6 is 11.6 Å². The summed E-state index contributed by atoms with van der Waals surface area (Å²) in [5.41, 5.74) is 3.06. The topological polar surface area (TPSA) is 217 Å². The highest BCUT2D eigenvalue weighted by atomic mass is 35.5. The molecule has 0 spiro atoms. The lowest BCUT2D eigenvalue weighted by molar-refractivity contribution is -0.134. The Morgan fingerprint density at radius 3 is 1.98 bits per heavy atom. The number of likely N-dealkylation sites (tertiary alicyclic amines) is 1. The van der Waals surface area contributed by atoms with Crippen molar-refractivity contribution in [1.82, 2.24) is 20.1 Å². The zero-order valence-corrected chi connectivity index (χ0v) is 28.0. The van der Waals surface area contributed by atoms with E-state index in [-0.39, 0.29) is 0 Å². The summed E-state index contributed by atoms with van der Waals surface area (Å²) in [6.07, 6.45) is 9.24. The maximum Gasteiger partial charge on any atom is 0.328 e. The minimum Gasteiger partial charge on any atom is -0.493 e. The molecule has 3 aromatic rings. The summed E-state index contributed by atoms with van der Waals surface area (Å²) in [6, 6.07) is 6.04. The van der Waals surface area contributed by atoms with Crippen molar-refractivity contribution in [2.24, 2.45) is 11.8 Å². The van der Waals surface area contributed by atoms with E-state index in [2.05, 4.69) is 46.3 Å². The van der Waals surface area contributed by atoms with Gasteiger partial charge in [-0.25, -0.2) is 19.2 Å². The number of carboxylic acids is 4. The van der Waals surface area contributed by atoms with Crippen molar-refractivity contribution < 1.29 is 53.4 Å². The van der Waals surface area contributed by atoms with Gasteiger partial charge in [-0.1, -0.05) is 21.9 Å². The average Bonchev–Trinajstić information content (AvgIpc) is 3.64. The first-order chi connectivity index (χ1) is 23.3. The first-order valence-electron chi connectivity index (χ1n) is 15.6. The molecule has 2 aliphatic rings. The number of hydrogen-bond donors (Lipinski definition) is 4. The summed E-state index contributed by atoms with van der Waals surface area (Å²) in [4.78, 5) is 42.8. The van der Waals surface area contributed by atoms with Crippen molar-refractivity contribution >= 4 is 46.4 Å². The monoisotopic (exact) mass is 704 g/mol. The normalized spacial score (nSPS) is 15.2. The second kappa shape index (κ2) is 19.3. The molecule has 0 bridgehead atoms. The Kier molecular flexibility index (Phi) is 15.3. The lowest BCUT2D eigenvalue weighted by Crippen LogP contribution is -2.33. The zero-order valence-electron chi connectivity index (χ0n) is 27.3. The van der Waals surface area contributed by atoms with E-state index in [0.29, 0.717) is 35.4 Å². The molecule has 1 saturated carbocycles. The summed E-state index contributed by atoms with van der Waals surface area (Å²) >= 11 is 5.86. The molecular formula is C33H41ClN4O11. The van der Waals surface area contributed by atoms with Crippen molar-refractivity contribution in [2.75, 3.05) is 33.8 Å². The second-order valence-corrected chi connectivity index (χ2v) is 12.3. The number of carboxylic acid groups (broad SMARTS) is 4. The zero-order chi connectivity index (χ0) is 35.9. The molecule has 0 amide bonds. The summed E-state index contributed by atoms with van der Waals surface area (Å²) < 4.78 is 17.3. The first-order valence-corrected chi connectivity index (χ1v) is 16.0. The summed E-state index contributed by atoms with van der Waals surface area (Å²) in [6.45, 7) is 4.49. The number of aryl methyl sites for hydroxylation is 1. The van der Waals surface area contributed by atoms with Gasteiger partial charge in [0, 0.05) is 42.3 Å². The van der Waals surface area contributed by atoms with Crippen LogP contribution in [0, 0.1) is 11.8 Å². The number of rotatable bonds is 14. The number of fused-ring (bicyclic) bond motifs is 1. The second-order valence-electron chi connectivity index (χ2n) is 11.9. The number of benzene rings is 1. The Morgan fingerprint density at radius 1 is 0.898 bits per heavy atom. The van der Waals surface area contributed by atoms with Crippen LogP contribution in [0.1, 0.15) is 49.1 Å². The number of nitrogens with zero attached hydrogens (tertiary/aromatic N) is 4. The SMILES string of the molecule is CN(C)Cc1c(OCC2CC2)ccc2c(CCC3CCN(Cc4cc(Cl)no4)CC3)noc12.O=C(O)/C=C/C(=O)O.O=C(O)/C=C/C(=O)O. The van der Waals surface area contributed by atoms with Crippen molar-refractivity contribution in [3.05, 3.63) is 64.7 Å². The maximum absolute atomic E-state index is 9.55. The fourth-order valence-corrected chi connectivity index (χ4v) is 5.16. The molecule has 1 aliphatic heterocycles. The molecule has 0 atom stereocenters. The van der Waals surface area contributed by atoms with Crippen molar-refractivity contribution in [3.8, 4) is 5.75 Å². The lowest BCUT2D eigenvalue weighted by atomic mass is 9.91. The highest BCUT2D eigenvalue weighted by Gasteiger charge is 2.25. The van der Waals surface area contributed by atoms with Gasteiger partial charge in [0.05, 0.1) is 24.4 Å². The Labute approximate surface area is 287 Å². The molecule has 5 rings (SSSR count). The van der Waals surface area contributed by atoms with E-state index in [1.165, 1.54) is 25.7 Å². The number of aromatic nitrogens is 2. The highest BCUT2D eigenvalue weighted by Crippen LogP contribution is 2.35. The Hall–Kier alpha value is -4.73. The minimum absolute atomic E-state index is 0.426. The van der Waals surface area contributed by atoms with Gasteiger partial charge in [0.2, 0.25) is 0 Å². The van der Waals surface area contributed by atoms with E-state index in [4.69, 9.17) is 45.8 Å². The number of piperidine rings is 1. The molecular weight excluding hydrogens is 664 g/mol. The highest BCUT2D eigenvalue weighted by molar-refractivity contribution is 6.29. The van der Waals surface area contributed by atoms with Crippen LogP contribution in [0.15, 0.2) is 51.5 Å². The van der Waals surface area contributed by atoms with E-state index >= 15 is 0 Å². The molecule has 1 aromatic carbocycles. The molecule has 4 N–H and O–H groups in total. The van der Waals surface area contributed by atoms with Crippen LogP contribution in [0.2, 0.25) is 5.15 Å². The third-order valence-corrected chi connectivity index (χ3v) is 7.74. The van der Waals surface area contributed by atoms with Gasteiger partial charge >= 0.3 is 23.9 Å². The molecule has 266 valence electrons. The maximum atomic E-state index is 9.55. The fraction of sp³-hybridized carbons (Fsp3) is 0.455. The smallest absolute Gasteiger partial charge is 0.328 e. The molecule has 15 nitrogen and oxygen atoms in total. The van der Waals surface area contributed by atoms with Gasteiger partial charge in [-0.05, 0) is 89.7 Å². The third kappa shape index (κ3) is 14.5. The Balaban J connectivity index is 0.000000338. The number of carbonyl (C=O) groups is 4. The molecule has 0 radical (unpaired) electrons. The third-order valence-electron chi connectivity index (χ3n) is 7.56. The standard InChI is InChI=1S/C25H33ClN4O3.2C4H4O4/c1-29(2)15-21-23(31-16-18-3-4-18)8-6-20-22(27-33-25(20)21)7-5-17-9-11-30(12-10-17)14-19-13-24(26)28-32-19;2*5-3(6)1-2-4(7)8/h6,8,13,17-18H,3-5,7,9-12,14-16H2,1-2H3;2*1-2H,(H,5,6)(H,7,8)/b;2*2-1+. The van der Waals surface area contributed by atoms with Crippen LogP contribution in [0.3, 0.4) is 0 Å². The van der Waals surface area contributed by atoms with Gasteiger partial charge in [-0.3, -0.25) is 4.90 Å². The van der Waals surface area contributed by atoms with Crippen LogP contribution in [0.25, 0.3) is 11.0 Å². The summed E-state index contributed by atoms with van der Waals surface area (Å²) in [5, 5.41) is 41.0. The average molecular weight is 705 g/mol. The molecule has 0 unspecified atom stereocenters. The lowest BCUT2D eigenvalue weighted by Gasteiger charge is -2.31. The molecule has 1 saturated heterocycles. The number of halogens is 1. The van der Waals surface area contributed by atoms with Gasteiger partial charge in [-0.2, -0.15) is 0 Å². The number of hydrogen-bond acceptors (Lipinski definition) is 11. The van der Waals surface area contributed by atoms with E-state index in [1.807, 2.05) is 0 Å². The van der Waals surface area contributed by atoms with Gasteiger partial charge in [0.1, 0.15) is 5.75 Å². The minimum atomic E-state index is -1.26. The van der Waals surface area contributed by atoms with Gasteiger partial charge in [-0.15, -0.1) is 0 Å². The van der Waals surface area contributed by atoms with E-state index in [1.54, 1.807) is 6.07 Å². The summed E-state index contributed by atoms with van der Waals surface area (Å²) in [7, 11) is 4.15. The predicted octanol–water partition coefficient (Wildman–Crippen LogP) is 4.59. The molecule has 16 heteroatoms. The molecule has 2 aromatic heterocycles. The van der Waals surface area contributed by atoms with Crippen LogP contribution in [0.4, 0.5) is 0 Å². The first kappa shape index (κ1) is 38.7. The molecule has 3 heterocycles. The summed E-state index contributed by atoms with van der Waals surface area (Å²) in [5.74, 6) is -1.83. The predicted molar refractivity (Wildman–Crippen MR) is 176 cm³/mol. The van der Waals surface area contributed by atoms with Crippen molar-refractivity contribution in [2.45, 2.75) is 51.6 Å². The number of aliphatic carboxylic acids is 4. The van der Waals surface area contributed by atoms with Crippen LogP contribution < -0.4 is 4.74 Å². The quantitative estimate of drug-likeness (QED) is 0.169. The molecule has 1 aliphatic carbocycles. The van der Waals surface area contributed by atoms with Gasteiger partial charge < -0.3 is 39.1 Å². The van der Waals surface area contributed by atoms with E-state index < -0.39 is 23.9 Å². The van der Waals surface area contributed by atoms with Gasteiger partial charge in [0.25, 0.3) is 0 Å². The van der Waals surface area contributed by atoms with Gasteiger partial charge in [0.15, 0.2) is 16.5 Å². The Bertz CT molecular complexity index is 1550. The van der Waals surface area contributed by atoms with E-state index in [9.17, 15) is 19.2 Å². The van der Waals surface area contributed by atoms with E-state index in [0.717, 1.165) is 85.3 Å².